The molecule has 0 aliphatic rings. The molecule has 6 heteroatoms. The Bertz CT molecular complexity index is 807. The van der Waals surface area contributed by atoms with Gasteiger partial charge in [-0.05, 0) is 35.9 Å². The molecule has 0 aliphatic heterocycles. The summed E-state index contributed by atoms with van der Waals surface area (Å²) in [6.07, 6.45) is 2.59. The molecular formula is C17H20N4OS. The van der Waals surface area contributed by atoms with Crippen molar-refractivity contribution >= 4 is 28.4 Å². The Morgan fingerprint density at radius 2 is 2.17 bits per heavy atom. The third-order valence-electron chi connectivity index (χ3n) is 3.73. The van der Waals surface area contributed by atoms with Crippen molar-refractivity contribution in [2.24, 2.45) is 13.0 Å². The van der Waals surface area contributed by atoms with Crippen LogP contribution in [0.4, 0.5) is 0 Å². The largest absolute Gasteiger partial charge is 0.341 e. The summed E-state index contributed by atoms with van der Waals surface area (Å²) in [7, 11) is 1.95. The molecule has 3 heterocycles. The van der Waals surface area contributed by atoms with E-state index in [9.17, 15) is 4.79 Å². The van der Waals surface area contributed by atoms with Crippen molar-refractivity contribution in [3.63, 3.8) is 0 Å². The van der Waals surface area contributed by atoms with Gasteiger partial charge in [0.15, 0.2) is 5.65 Å². The zero-order valence-electron chi connectivity index (χ0n) is 13.5. The third kappa shape index (κ3) is 3.27. The number of carbonyl (C=O) groups is 1. The highest BCUT2D eigenvalue weighted by atomic mass is 32.1. The Morgan fingerprint density at radius 3 is 2.83 bits per heavy atom. The van der Waals surface area contributed by atoms with E-state index in [-0.39, 0.29) is 11.9 Å². The van der Waals surface area contributed by atoms with Gasteiger partial charge in [-0.25, -0.2) is 9.97 Å². The van der Waals surface area contributed by atoms with Gasteiger partial charge in [0.25, 0.3) is 5.91 Å². The molecule has 0 radical (unpaired) electrons. The molecular weight excluding hydrogens is 308 g/mol. The van der Waals surface area contributed by atoms with Crippen molar-refractivity contribution in [1.82, 2.24) is 19.9 Å². The van der Waals surface area contributed by atoms with Crippen LogP contribution in [0.3, 0.4) is 0 Å². The van der Waals surface area contributed by atoms with E-state index >= 15 is 0 Å². The van der Waals surface area contributed by atoms with Gasteiger partial charge >= 0.3 is 0 Å². The smallest absolute Gasteiger partial charge is 0.261 e. The van der Waals surface area contributed by atoms with E-state index in [1.165, 1.54) is 11.3 Å². The number of aromatic nitrogens is 3. The number of thiophene rings is 1. The number of carbonyl (C=O) groups excluding carboxylic acids is 1. The minimum Gasteiger partial charge on any atom is -0.341 e. The predicted octanol–water partition coefficient (Wildman–Crippen LogP) is 3.55. The number of pyridine rings is 1. The van der Waals surface area contributed by atoms with Crippen LogP contribution in [0, 0.1) is 5.92 Å². The fraction of sp³-hybridized carbons (Fsp3) is 0.353. The van der Waals surface area contributed by atoms with Crippen LogP contribution in [0.15, 0.2) is 35.8 Å². The van der Waals surface area contributed by atoms with E-state index < -0.39 is 0 Å². The Balaban J connectivity index is 1.94. The average Bonchev–Trinajstić information content (AvgIpc) is 3.15. The van der Waals surface area contributed by atoms with Gasteiger partial charge in [0.05, 0.1) is 10.9 Å². The number of hydrogen-bond donors (Lipinski definition) is 1. The van der Waals surface area contributed by atoms with Crippen molar-refractivity contribution in [2.75, 3.05) is 0 Å². The summed E-state index contributed by atoms with van der Waals surface area (Å²) in [6.45, 7) is 4.29. The third-order valence-corrected chi connectivity index (χ3v) is 4.60. The molecule has 0 saturated heterocycles. The number of rotatable bonds is 5. The van der Waals surface area contributed by atoms with Crippen molar-refractivity contribution in [2.45, 2.75) is 26.3 Å². The highest BCUT2D eigenvalue weighted by Crippen LogP contribution is 2.24. The first-order valence-electron chi connectivity index (χ1n) is 7.68. The fourth-order valence-electron chi connectivity index (χ4n) is 2.69. The minimum atomic E-state index is -0.135. The van der Waals surface area contributed by atoms with E-state index in [2.05, 4.69) is 29.1 Å². The van der Waals surface area contributed by atoms with Gasteiger partial charge < -0.3 is 9.88 Å². The number of imidazole rings is 1. The predicted molar refractivity (Wildman–Crippen MR) is 92.5 cm³/mol. The zero-order chi connectivity index (χ0) is 16.4. The lowest BCUT2D eigenvalue weighted by molar-refractivity contribution is 0.0933. The highest BCUT2D eigenvalue weighted by molar-refractivity contribution is 7.12. The molecule has 0 fully saturated rings. The molecule has 0 spiro atoms. The second-order valence-electron chi connectivity index (χ2n) is 6.01. The van der Waals surface area contributed by atoms with Crippen molar-refractivity contribution in [3.05, 3.63) is 46.5 Å². The number of nitrogens with zero attached hydrogens (tertiary/aromatic N) is 3. The molecule has 1 N–H and O–H groups in total. The topological polar surface area (TPSA) is 59.8 Å². The maximum Gasteiger partial charge on any atom is 0.261 e. The summed E-state index contributed by atoms with van der Waals surface area (Å²) < 4.78 is 1.97. The van der Waals surface area contributed by atoms with Gasteiger partial charge in [-0.1, -0.05) is 19.9 Å². The van der Waals surface area contributed by atoms with Crippen LogP contribution < -0.4 is 5.32 Å². The zero-order valence-corrected chi connectivity index (χ0v) is 14.3. The molecule has 1 atom stereocenters. The normalized spacial score (nSPS) is 12.7. The fourth-order valence-corrected chi connectivity index (χ4v) is 3.32. The Hall–Kier alpha value is -2.21. The van der Waals surface area contributed by atoms with Crippen LogP contribution >= 0.6 is 11.3 Å². The summed E-state index contributed by atoms with van der Waals surface area (Å²) in [5.41, 5.74) is 1.69. The molecule has 3 aromatic rings. The number of aryl methyl sites for hydroxylation is 1. The van der Waals surface area contributed by atoms with Crippen molar-refractivity contribution in [1.29, 1.82) is 0 Å². The number of amides is 1. The van der Waals surface area contributed by atoms with Gasteiger partial charge in [0, 0.05) is 13.2 Å². The van der Waals surface area contributed by atoms with Crippen LogP contribution in [-0.4, -0.2) is 20.4 Å². The van der Waals surface area contributed by atoms with E-state index in [0.717, 1.165) is 28.3 Å². The maximum absolute atomic E-state index is 12.4. The van der Waals surface area contributed by atoms with Crippen LogP contribution in [0.1, 0.15) is 41.8 Å². The van der Waals surface area contributed by atoms with E-state index in [4.69, 9.17) is 0 Å². The molecule has 5 nitrogen and oxygen atoms in total. The second kappa shape index (κ2) is 6.50. The van der Waals surface area contributed by atoms with E-state index in [1.54, 1.807) is 6.20 Å². The molecule has 1 amide bonds. The molecule has 0 saturated carbocycles. The van der Waals surface area contributed by atoms with Crippen LogP contribution in [-0.2, 0) is 7.05 Å². The Kier molecular flexibility index (Phi) is 4.43. The average molecular weight is 328 g/mol. The molecule has 23 heavy (non-hydrogen) atoms. The standard InChI is InChI=1S/C17H20N4OS/c1-11(2)10-13(20-17(22)14-7-5-9-23-14)16-19-12-6-4-8-18-15(12)21(16)3/h4-9,11,13H,10H2,1-3H3,(H,20,22). The molecule has 3 aromatic heterocycles. The summed E-state index contributed by atoms with van der Waals surface area (Å²) in [5.74, 6) is 1.24. The molecule has 0 bridgehead atoms. The van der Waals surface area contributed by atoms with Crippen molar-refractivity contribution < 1.29 is 4.79 Å². The van der Waals surface area contributed by atoms with Gasteiger partial charge in [-0.3, -0.25) is 4.79 Å². The lowest BCUT2D eigenvalue weighted by Crippen LogP contribution is -2.30. The first-order chi connectivity index (χ1) is 11.1. The molecule has 120 valence electrons. The van der Waals surface area contributed by atoms with E-state index in [1.807, 2.05) is 41.3 Å². The molecule has 1 unspecified atom stereocenters. The first-order valence-corrected chi connectivity index (χ1v) is 8.56. The van der Waals surface area contributed by atoms with Crippen LogP contribution in [0.2, 0.25) is 0 Å². The van der Waals surface area contributed by atoms with Gasteiger partial charge in [-0.15, -0.1) is 11.3 Å². The monoisotopic (exact) mass is 328 g/mol. The number of nitrogens with one attached hydrogen (secondary N) is 1. The van der Waals surface area contributed by atoms with Gasteiger partial charge in [0.1, 0.15) is 11.3 Å². The quantitative estimate of drug-likeness (QED) is 0.779. The minimum absolute atomic E-state index is 0.0503. The summed E-state index contributed by atoms with van der Waals surface area (Å²) in [4.78, 5) is 22.2. The summed E-state index contributed by atoms with van der Waals surface area (Å²) >= 11 is 1.44. The Labute approximate surface area is 139 Å². The number of hydrogen-bond acceptors (Lipinski definition) is 4. The summed E-state index contributed by atoms with van der Waals surface area (Å²) in [5, 5.41) is 5.04. The van der Waals surface area contributed by atoms with Gasteiger partial charge in [0.2, 0.25) is 0 Å². The van der Waals surface area contributed by atoms with Crippen LogP contribution in [0.5, 0.6) is 0 Å². The SMILES string of the molecule is CC(C)CC(NC(=O)c1cccs1)c1nc2cccnc2n1C. The van der Waals surface area contributed by atoms with Crippen LogP contribution in [0.25, 0.3) is 11.2 Å². The Morgan fingerprint density at radius 1 is 1.35 bits per heavy atom. The second-order valence-corrected chi connectivity index (χ2v) is 6.96. The first kappa shape index (κ1) is 15.7. The van der Waals surface area contributed by atoms with Crippen molar-refractivity contribution in [3.8, 4) is 0 Å². The van der Waals surface area contributed by atoms with E-state index in [0.29, 0.717) is 5.92 Å². The molecule has 0 aliphatic carbocycles. The lowest BCUT2D eigenvalue weighted by atomic mass is 10.0. The lowest BCUT2D eigenvalue weighted by Gasteiger charge is -2.20. The molecule has 0 aromatic carbocycles. The number of fused-ring (bicyclic) bond motifs is 1. The highest BCUT2D eigenvalue weighted by Gasteiger charge is 2.23. The molecule has 3 rings (SSSR count). The van der Waals surface area contributed by atoms with Gasteiger partial charge in [-0.2, -0.15) is 0 Å². The maximum atomic E-state index is 12.4. The summed E-state index contributed by atoms with van der Waals surface area (Å²) in [6, 6.07) is 7.41.